The van der Waals surface area contributed by atoms with E-state index in [4.69, 9.17) is 5.90 Å². The Hall–Kier alpha value is -1.20. The zero-order valence-corrected chi connectivity index (χ0v) is 5.81. The molecule has 0 fully saturated rings. The second-order valence-electron chi connectivity index (χ2n) is 2.00. The highest BCUT2D eigenvalue weighted by Crippen LogP contribution is 1.88. The molecule has 0 aromatic heterocycles. The van der Waals surface area contributed by atoms with Crippen LogP contribution in [0.3, 0.4) is 0 Å². The summed E-state index contributed by atoms with van der Waals surface area (Å²) >= 11 is 0. The number of benzene rings is 1. The lowest BCUT2D eigenvalue weighted by molar-refractivity contribution is 0.345. The molecule has 1 rings (SSSR count). The fourth-order valence-electron chi connectivity index (χ4n) is 0.782. The van der Waals surface area contributed by atoms with Gasteiger partial charge in [0, 0.05) is 0 Å². The van der Waals surface area contributed by atoms with E-state index < -0.39 is 7.05 Å². The SMILES string of the molecule is NOB(N=O)c1ccccc1. The van der Waals surface area contributed by atoms with Gasteiger partial charge in [0.2, 0.25) is 0 Å². The summed E-state index contributed by atoms with van der Waals surface area (Å²) in [5.74, 6) is 4.82. The summed E-state index contributed by atoms with van der Waals surface area (Å²) < 4.78 is 4.31. The van der Waals surface area contributed by atoms with Crippen molar-refractivity contribution in [1.82, 2.24) is 0 Å². The first-order valence-electron chi connectivity index (χ1n) is 3.11. The van der Waals surface area contributed by atoms with E-state index >= 15 is 0 Å². The summed E-state index contributed by atoms with van der Waals surface area (Å²) in [5, 5.41) is 2.68. The van der Waals surface area contributed by atoms with E-state index in [0.717, 1.165) is 0 Å². The summed E-state index contributed by atoms with van der Waals surface area (Å²) in [6, 6.07) is 8.85. The predicted molar refractivity (Wildman–Crippen MR) is 42.9 cm³/mol. The minimum Gasteiger partial charge on any atom is -0.327 e. The van der Waals surface area contributed by atoms with E-state index in [2.05, 4.69) is 9.84 Å². The molecule has 0 heterocycles. The van der Waals surface area contributed by atoms with Crippen LogP contribution in [0.1, 0.15) is 0 Å². The summed E-state index contributed by atoms with van der Waals surface area (Å²) in [7, 11) is -0.892. The molecule has 0 aliphatic carbocycles. The number of nitroso groups, excluding NO2 is 1. The maximum atomic E-state index is 10.1. The fraction of sp³-hybridized carbons (Fsp3) is 0. The first-order chi connectivity index (χ1) is 5.38. The van der Waals surface area contributed by atoms with Gasteiger partial charge in [0.15, 0.2) is 0 Å². The van der Waals surface area contributed by atoms with Gasteiger partial charge in [0.1, 0.15) is 0 Å². The number of nitrogens with two attached hydrogens (primary N) is 1. The highest BCUT2D eigenvalue weighted by Gasteiger charge is 2.18. The quantitative estimate of drug-likeness (QED) is 0.375. The predicted octanol–water partition coefficient (Wildman–Crippen LogP) is 0.0385. The second kappa shape index (κ2) is 3.85. The molecular formula is C6H7BN2O2. The molecular weight excluding hydrogens is 143 g/mol. The van der Waals surface area contributed by atoms with Crippen LogP contribution in [0.15, 0.2) is 35.4 Å². The molecule has 0 bridgehead atoms. The van der Waals surface area contributed by atoms with Crippen molar-refractivity contribution in [3.8, 4) is 0 Å². The Morgan fingerprint density at radius 1 is 1.36 bits per heavy atom. The lowest BCUT2D eigenvalue weighted by Gasteiger charge is -1.99. The molecule has 1 aromatic rings. The Morgan fingerprint density at radius 3 is 2.45 bits per heavy atom. The van der Waals surface area contributed by atoms with Gasteiger partial charge >= 0.3 is 7.05 Å². The van der Waals surface area contributed by atoms with E-state index in [1.54, 1.807) is 24.3 Å². The molecule has 0 aliphatic heterocycles. The summed E-state index contributed by atoms with van der Waals surface area (Å²) in [6.07, 6.45) is 0. The summed E-state index contributed by atoms with van der Waals surface area (Å²) in [4.78, 5) is 10.1. The van der Waals surface area contributed by atoms with Crippen molar-refractivity contribution in [3.05, 3.63) is 35.2 Å². The first kappa shape index (κ1) is 7.91. The Balaban J connectivity index is 2.82. The zero-order valence-electron chi connectivity index (χ0n) is 5.81. The van der Waals surface area contributed by atoms with E-state index in [9.17, 15) is 4.91 Å². The average Bonchev–Trinajstić information content (AvgIpc) is 2.09. The number of rotatable bonds is 3. The Labute approximate surface area is 64.4 Å². The van der Waals surface area contributed by atoms with Crippen molar-refractivity contribution >= 4 is 12.5 Å². The summed E-state index contributed by atoms with van der Waals surface area (Å²) in [6.45, 7) is 0. The molecule has 0 amide bonds. The van der Waals surface area contributed by atoms with Crippen molar-refractivity contribution in [1.29, 1.82) is 0 Å². The van der Waals surface area contributed by atoms with E-state index in [1.165, 1.54) is 0 Å². The molecule has 0 aliphatic rings. The largest absolute Gasteiger partial charge is 0.536 e. The summed E-state index contributed by atoms with van der Waals surface area (Å²) in [5.41, 5.74) is 0.657. The molecule has 4 nitrogen and oxygen atoms in total. The smallest absolute Gasteiger partial charge is 0.327 e. The second-order valence-corrected chi connectivity index (χ2v) is 2.00. The molecule has 0 radical (unpaired) electrons. The fourth-order valence-corrected chi connectivity index (χ4v) is 0.782. The van der Waals surface area contributed by atoms with Crippen molar-refractivity contribution < 1.29 is 4.76 Å². The molecule has 5 heteroatoms. The molecule has 56 valence electrons. The molecule has 2 N–H and O–H groups in total. The Bertz CT molecular complexity index is 229. The normalized spacial score (nSPS) is 9.18. The molecule has 1 aromatic carbocycles. The number of hydrogen-bond acceptors (Lipinski definition) is 4. The van der Waals surface area contributed by atoms with Gasteiger partial charge in [-0.2, -0.15) is 4.91 Å². The first-order valence-corrected chi connectivity index (χ1v) is 3.11. The third-order valence-corrected chi connectivity index (χ3v) is 1.31. The van der Waals surface area contributed by atoms with E-state index in [-0.39, 0.29) is 0 Å². The molecule has 0 saturated carbocycles. The topological polar surface area (TPSA) is 64.7 Å². The molecule has 0 atom stereocenters. The average molecular weight is 150 g/mol. The van der Waals surface area contributed by atoms with Crippen molar-refractivity contribution in [3.63, 3.8) is 0 Å². The van der Waals surface area contributed by atoms with Gasteiger partial charge in [-0.15, -0.1) is 0 Å². The van der Waals surface area contributed by atoms with Gasteiger partial charge in [0.05, 0.1) is 0 Å². The Morgan fingerprint density at radius 2 is 2.00 bits per heavy atom. The van der Waals surface area contributed by atoms with Crippen molar-refractivity contribution in [2.45, 2.75) is 0 Å². The third-order valence-electron chi connectivity index (χ3n) is 1.31. The Kier molecular flexibility index (Phi) is 2.77. The van der Waals surface area contributed by atoms with Gasteiger partial charge in [-0.1, -0.05) is 35.4 Å². The molecule has 0 saturated heterocycles. The lowest BCUT2D eigenvalue weighted by Crippen LogP contribution is -2.33. The van der Waals surface area contributed by atoms with Crippen LogP contribution in [-0.4, -0.2) is 7.05 Å². The van der Waals surface area contributed by atoms with Crippen molar-refractivity contribution in [2.24, 2.45) is 11.0 Å². The van der Waals surface area contributed by atoms with Crippen LogP contribution in [0.2, 0.25) is 0 Å². The van der Waals surface area contributed by atoms with Gasteiger partial charge in [-0.25, -0.2) is 5.90 Å². The van der Waals surface area contributed by atoms with Gasteiger partial charge in [0.25, 0.3) is 0 Å². The highest BCUT2D eigenvalue weighted by atomic mass is 16.6. The number of nitrogens with zero attached hydrogens (tertiary/aromatic N) is 1. The third kappa shape index (κ3) is 1.86. The lowest BCUT2D eigenvalue weighted by atomic mass is 9.76. The van der Waals surface area contributed by atoms with Crippen LogP contribution in [0.4, 0.5) is 0 Å². The maximum absolute atomic E-state index is 10.1. The van der Waals surface area contributed by atoms with Crippen LogP contribution in [-0.2, 0) is 4.76 Å². The maximum Gasteiger partial charge on any atom is 0.536 e. The molecule has 0 unspecified atom stereocenters. The standard InChI is InChI=1S/C6H7BN2O2/c8-11-7(9-10)6-4-2-1-3-5-6/h1-5H,8H2. The van der Waals surface area contributed by atoms with Crippen LogP contribution in [0.5, 0.6) is 0 Å². The molecule has 11 heavy (non-hydrogen) atoms. The van der Waals surface area contributed by atoms with Crippen LogP contribution >= 0.6 is 0 Å². The van der Waals surface area contributed by atoms with Gasteiger partial charge < -0.3 is 4.76 Å². The zero-order chi connectivity index (χ0) is 8.10. The van der Waals surface area contributed by atoms with Crippen LogP contribution in [0.25, 0.3) is 0 Å². The highest BCUT2D eigenvalue weighted by molar-refractivity contribution is 6.65. The van der Waals surface area contributed by atoms with E-state index in [0.29, 0.717) is 5.46 Å². The molecule has 0 spiro atoms. The minimum absolute atomic E-state index is 0.657. The minimum atomic E-state index is -0.892. The monoisotopic (exact) mass is 150 g/mol. The van der Waals surface area contributed by atoms with Crippen LogP contribution < -0.4 is 11.4 Å². The van der Waals surface area contributed by atoms with Gasteiger partial charge in [-0.05, 0) is 5.46 Å². The van der Waals surface area contributed by atoms with Crippen molar-refractivity contribution in [2.75, 3.05) is 0 Å². The number of hydrogen-bond donors (Lipinski definition) is 1. The van der Waals surface area contributed by atoms with E-state index in [1.807, 2.05) is 6.07 Å². The van der Waals surface area contributed by atoms with Crippen LogP contribution in [0, 0.1) is 4.91 Å². The van der Waals surface area contributed by atoms with Gasteiger partial charge in [-0.3, -0.25) is 0 Å².